The summed E-state index contributed by atoms with van der Waals surface area (Å²) in [5.74, 6) is -0.451. The van der Waals surface area contributed by atoms with Crippen molar-refractivity contribution in [2.45, 2.75) is 0 Å². The van der Waals surface area contributed by atoms with Gasteiger partial charge in [-0.05, 0) is 12.1 Å². The van der Waals surface area contributed by atoms with Gasteiger partial charge in [-0.15, -0.1) is 5.10 Å². The van der Waals surface area contributed by atoms with Gasteiger partial charge in [0.2, 0.25) is 11.8 Å². The average Bonchev–Trinajstić information content (AvgIpc) is 3.01. The number of carbonyl (C=O) groups excluding carboxylic acids is 2. The van der Waals surface area contributed by atoms with Crippen LogP contribution in [0.2, 0.25) is 0 Å². The summed E-state index contributed by atoms with van der Waals surface area (Å²) in [6.45, 7) is 0. The number of hydrogen-bond acceptors (Lipinski definition) is 7. The third-order valence-electron chi connectivity index (χ3n) is 2.74. The summed E-state index contributed by atoms with van der Waals surface area (Å²) in [5, 5.41) is 8.51. The molecule has 0 bridgehead atoms. The smallest absolute Gasteiger partial charge is 0.375 e. The highest BCUT2D eigenvalue weighted by Crippen LogP contribution is 2.25. The fraction of sp³-hybridized carbons (Fsp3) is 0.231. The monoisotopic (exact) mass is 306 g/mol. The van der Waals surface area contributed by atoms with Gasteiger partial charge in [0.05, 0.1) is 26.9 Å². The molecule has 116 valence electrons. The van der Waals surface area contributed by atoms with E-state index in [9.17, 15) is 9.59 Å². The average molecular weight is 306 g/mol. The molecule has 1 aromatic carbocycles. The maximum Gasteiger partial charge on any atom is 0.375 e. The normalized spacial score (nSPS) is 9.95. The minimum Gasteiger partial charge on any atom is -0.497 e. The fourth-order valence-electron chi connectivity index (χ4n) is 1.66. The summed E-state index contributed by atoms with van der Waals surface area (Å²) >= 11 is 0. The second kappa shape index (κ2) is 6.57. The number of ether oxygens (including phenoxy) is 3. The van der Waals surface area contributed by atoms with Gasteiger partial charge < -0.3 is 14.2 Å². The van der Waals surface area contributed by atoms with Crippen molar-refractivity contribution in [2.24, 2.45) is 0 Å². The number of H-pyrrole nitrogens is 1. The maximum atomic E-state index is 12.2. The molecule has 0 saturated heterocycles. The van der Waals surface area contributed by atoms with Crippen LogP contribution in [0.5, 0.6) is 11.5 Å². The van der Waals surface area contributed by atoms with E-state index in [2.05, 4.69) is 25.2 Å². The SMILES string of the molecule is COC(=O)c1nc(NC(=O)c2ccc(OC)cc2OC)n[nH]1. The van der Waals surface area contributed by atoms with Gasteiger partial charge >= 0.3 is 5.97 Å². The number of aromatic amines is 1. The first-order chi connectivity index (χ1) is 10.6. The van der Waals surface area contributed by atoms with Crippen molar-refractivity contribution in [3.8, 4) is 11.5 Å². The van der Waals surface area contributed by atoms with E-state index in [4.69, 9.17) is 9.47 Å². The molecule has 0 atom stereocenters. The van der Waals surface area contributed by atoms with Crippen LogP contribution in [0.3, 0.4) is 0 Å². The number of rotatable bonds is 5. The molecule has 0 spiro atoms. The van der Waals surface area contributed by atoms with Crippen molar-refractivity contribution in [3.63, 3.8) is 0 Å². The molecule has 0 unspecified atom stereocenters. The minimum atomic E-state index is -0.685. The quantitative estimate of drug-likeness (QED) is 0.787. The van der Waals surface area contributed by atoms with Gasteiger partial charge in [-0.1, -0.05) is 0 Å². The second-order valence-electron chi connectivity index (χ2n) is 4.02. The van der Waals surface area contributed by atoms with E-state index in [-0.39, 0.29) is 17.3 Å². The molecule has 1 amide bonds. The molecule has 0 fully saturated rings. The van der Waals surface area contributed by atoms with Crippen molar-refractivity contribution in [2.75, 3.05) is 26.6 Å². The molecule has 0 radical (unpaired) electrons. The Hall–Kier alpha value is -3.10. The van der Waals surface area contributed by atoms with Crippen LogP contribution in [0.25, 0.3) is 0 Å². The number of benzene rings is 1. The maximum absolute atomic E-state index is 12.2. The Bertz CT molecular complexity index is 697. The van der Waals surface area contributed by atoms with Crippen molar-refractivity contribution in [1.82, 2.24) is 15.2 Å². The second-order valence-corrected chi connectivity index (χ2v) is 4.02. The molecule has 22 heavy (non-hydrogen) atoms. The number of nitrogens with zero attached hydrogens (tertiary/aromatic N) is 2. The van der Waals surface area contributed by atoms with E-state index in [1.54, 1.807) is 18.2 Å². The highest BCUT2D eigenvalue weighted by atomic mass is 16.5. The first-order valence-corrected chi connectivity index (χ1v) is 6.13. The van der Waals surface area contributed by atoms with E-state index in [1.807, 2.05) is 0 Å². The van der Waals surface area contributed by atoms with Crippen LogP contribution in [-0.2, 0) is 4.74 Å². The van der Waals surface area contributed by atoms with Gasteiger partial charge in [0.15, 0.2) is 0 Å². The summed E-state index contributed by atoms with van der Waals surface area (Å²) in [6, 6.07) is 4.74. The third kappa shape index (κ3) is 3.14. The number of nitrogens with one attached hydrogen (secondary N) is 2. The van der Waals surface area contributed by atoms with E-state index in [0.717, 1.165) is 0 Å². The van der Waals surface area contributed by atoms with Gasteiger partial charge in [0.1, 0.15) is 11.5 Å². The van der Waals surface area contributed by atoms with Gasteiger partial charge in [-0.3, -0.25) is 15.2 Å². The number of esters is 1. The molecule has 9 nitrogen and oxygen atoms in total. The Morgan fingerprint density at radius 3 is 2.59 bits per heavy atom. The molecule has 0 aliphatic carbocycles. The molecule has 2 rings (SSSR count). The number of aromatic nitrogens is 3. The molecule has 2 N–H and O–H groups in total. The largest absolute Gasteiger partial charge is 0.497 e. The lowest BCUT2D eigenvalue weighted by molar-refractivity contribution is 0.0587. The van der Waals surface area contributed by atoms with Crippen LogP contribution in [0.15, 0.2) is 18.2 Å². The number of amides is 1. The topological polar surface area (TPSA) is 115 Å². The third-order valence-corrected chi connectivity index (χ3v) is 2.74. The zero-order chi connectivity index (χ0) is 16.1. The number of anilines is 1. The van der Waals surface area contributed by atoms with E-state index in [1.165, 1.54) is 21.3 Å². The van der Waals surface area contributed by atoms with Crippen LogP contribution in [-0.4, -0.2) is 48.4 Å². The summed E-state index contributed by atoms with van der Waals surface area (Å²) in [5.41, 5.74) is 0.271. The summed E-state index contributed by atoms with van der Waals surface area (Å²) in [4.78, 5) is 27.2. The van der Waals surface area contributed by atoms with Crippen LogP contribution < -0.4 is 14.8 Å². The first-order valence-electron chi connectivity index (χ1n) is 6.13. The Kier molecular flexibility index (Phi) is 4.57. The molecule has 9 heteroatoms. The Morgan fingerprint density at radius 1 is 1.18 bits per heavy atom. The molecule has 2 aromatic rings. The fourth-order valence-corrected chi connectivity index (χ4v) is 1.66. The van der Waals surface area contributed by atoms with Crippen molar-refractivity contribution in [1.29, 1.82) is 0 Å². The van der Waals surface area contributed by atoms with Crippen LogP contribution in [0, 0.1) is 0 Å². The standard InChI is InChI=1S/C13H14N4O5/c1-20-7-4-5-8(9(6-7)21-2)11(18)15-13-14-10(16-17-13)12(19)22-3/h4-6H,1-3H3,(H2,14,15,16,17,18). The molecular formula is C13H14N4O5. The molecule has 1 heterocycles. The van der Waals surface area contributed by atoms with Gasteiger partial charge in [-0.25, -0.2) is 4.79 Å². The van der Waals surface area contributed by atoms with Crippen molar-refractivity contribution >= 4 is 17.8 Å². The lowest BCUT2D eigenvalue weighted by Gasteiger charge is -2.09. The Morgan fingerprint density at radius 2 is 1.95 bits per heavy atom. The zero-order valence-corrected chi connectivity index (χ0v) is 12.2. The lowest BCUT2D eigenvalue weighted by atomic mass is 10.2. The predicted molar refractivity (Wildman–Crippen MR) is 75.2 cm³/mol. The van der Waals surface area contributed by atoms with Gasteiger partial charge in [-0.2, -0.15) is 4.98 Å². The summed E-state index contributed by atoms with van der Waals surface area (Å²) in [6.07, 6.45) is 0. The number of methoxy groups -OCH3 is 3. The van der Waals surface area contributed by atoms with E-state index >= 15 is 0 Å². The summed E-state index contributed by atoms with van der Waals surface area (Å²) < 4.78 is 14.7. The highest BCUT2D eigenvalue weighted by molar-refractivity contribution is 6.05. The van der Waals surface area contributed by atoms with Crippen molar-refractivity contribution in [3.05, 3.63) is 29.6 Å². The van der Waals surface area contributed by atoms with Crippen LogP contribution >= 0.6 is 0 Å². The lowest BCUT2D eigenvalue weighted by Crippen LogP contribution is -2.14. The van der Waals surface area contributed by atoms with Gasteiger partial charge in [0.25, 0.3) is 5.91 Å². The Balaban J connectivity index is 2.18. The molecular weight excluding hydrogens is 292 g/mol. The zero-order valence-electron chi connectivity index (χ0n) is 12.2. The van der Waals surface area contributed by atoms with Crippen LogP contribution in [0.4, 0.5) is 5.95 Å². The molecule has 1 aromatic heterocycles. The minimum absolute atomic E-state index is 0.0525. The number of hydrogen-bond donors (Lipinski definition) is 2. The van der Waals surface area contributed by atoms with Crippen LogP contribution in [0.1, 0.15) is 21.0 Å². The highest BCUT2D eigenvalue weighted by Gasteiger charge is 2.17. The molecule has 0 aliphatic heterocycles. The predicted octanol–water partition coefficient (Wildman–Crippen LogP) is 0.861. The Labute approximate surface area is 125 Å². The molecule has 0 saturated carbocycles. The van der Waals surface area contributed by atoms with Crippen molar-refractivity contribution < 1.29 is 23.8 Å². The first kappa shape index (κ1) is 15.3. The number of carbonyl (C=O) groups is 2. The summed E-state index contributed by atoms with van der Waals surface area (Å²) in [7, 11) is 4.16. The van der Waals surface area contributed by atoms with Gasteiger partial charge in [0, 0.05) is 6.07 Å². The molecule has 0 aliphatic rings. The van der Waals surface area contributed by atoms with E-state index < -0.39 is 11.9 Å². The van der Waals surface area contributed by atoms with E-state index in [0.29, 0.717) is 11.5 Å².